The molecule has 2 aromatic rings. The van der Waals surface area contributed by atoms with Gasteiger partial charge in [-0.1, -0.05) is 11.6 Å². The van der Waals surface area contributed by atoms with Crippen molar-refractivity contribution in [2.45, 2.75) is 26.4 Å². The molecule has 2 rings (SSSR count). The van der Waals surface area contributed by atoms with E-state index in [4.69, 9.17) is 11.6 Å². The Bertz CT molecular complexity index is 539. The van der Waals surface area contributed by atoms with E-state index in [1.54, 1.807) is 6.33 Å². The SMILES string of the molecule is CC(C)n1ncnc1CNc1ccc(I)cc1Cl. The summed E-state index contributed by atoms with van der Waals surface area (Å²) in [6, 6.07) is 6.22. The van der Waals surface area contributed by atoms with E-state index in [2.05, 4.69) is 51.8 Å². The summed E-state index contributed by atoms with van der Waals surface area (Å²) >= 11 is 8.40. The summed E-state index contributed by atoms with van der Waals surface area (Å²) in [5.41, 5.74) is 0.912. The second kappa shape index (κ2) is 5.88. The third-order valence-electron chi connectivity index (χ3n) is 2.50. The summed E-state index contributed by atoms with van der Waals surface area (Å²) in [5.74, 6) is 0.902. The van der Waals surface area contributed by atoms with E-state index < -0.39 is 0 Å². The average Bonchev–Trinajstić information content (AvgIpc) is 2.76. The molecule has 0 unspecified atom stereocenters. The van der Waals surface area contributed by atoms with Crippen molar-refractivity contribution >= 4 is 39.9 Å². The van der Waals surface area contributed by atoms with E-state index in [0.29, 0.717) is 12.6 Å². The van der Waals surface area contributed by atoms with Crippen molar-refractivity contribution in [3.63, 3.8) is 0 Å². The van der Waals surface area contributed by atoms with Crippen LogP contribution in [0, 0.1) is 3.57 Å². The zero-order chi connectivity index (χ0) is 13.1. The van der Waals surface area contributed by atoms with Crippen molar-refractivity contribution in [1.82, 2.24) is 14.8 Å². The van der Waals surface area contributed by atoms with Crippen molar-refractivity contribution in [3.05, 3.63) is 38.9 Å². The molecule has 0 radical (unpaired) electrons. The molecule has 4 nitrogen and oxygen atoms in total. The summed E-state index contributed by atoms with van der Waals surface area (Å²) in [6.45, 7) is 4.77. The average molecular weight is 377 g/mol. The van der Waals surface area contributed by atoms with Gasteiger partial charge in [-0.15, -0.1) is 0 Å². The number of aromatic nitrogens is 3. The molecule has 0 bridgehead atoms. The molecular weight excluding hydrogens is 363 g/mol. The van der Waals surface area contributed by atoms with Crippen LogP contribution in [0.3, 0.4) is 0 Å². The number of hydrogen-bond donors (Lipinski definition) is 1. The lowest BCUT2D eigenvalue weighted by Crippen LogP contribution is -2.12. The maximum atomic E-state index is 6.16. The minimum absolute atomic E-state index is 0.302. The smallest absolute Gasteiger partial charge is 0.146 e. The number of halogens is 2. The van der Waals surface area contributed by atoms with Crippen LogP contribution >= 0.6 is 34.2 Å². The Balaban J connectivity index is 2.09. The lowest BCUT2D eigenvalue weighted by atomic mass is 10.3. The molecule has 0 aliphatic heterocycles. The zero-order valence-electron chi connectivity index (χ0n) is 10.2. The monoisotopic (exact) mass is 376 g/mol. The first-order valence-electron chi connectivity index (χ1n) is 5.65. The standard InChI is InChI=1S/C12H14ClIN4/c1-8(2)18-12(16-7-17-18)6-15-11-4-3-9(14)5-10(11)13/h3-5,7-8,15H,6H2,1-2H3. The maximum Gasteiger partial charge on any atom is 0.146 e. The normalized spacial score (nSPS) is 10.9. The van der Waals surface area contributed by atoms with Crippen LogP contribution in [0.2, 0.25) is 5.02 Å². The van der Waals surface area contributed by atoms with Gasteiger partial charge in [-0.2, -0.15) is 5.10 Å². The number of nitrogens with zero attached hydrogens (tertiary/aromatic N) is 3. The number of anilines is 1. The molecule has 0 saturated carbocycles. The number of hydrogen-bond acceptors (Lipinski definition) is 3. The highest BCUT2D eigenvalue weighted by atomic mass is 127. The van der Waals surface area contributed by atoms with E-state index in [0.717, 1.165) is 20.1 Å². The fourth-order valence-corrected chi connectivity index (χ4v) is 2.56. The van der Waals surface area contributed by atoms with Gasteiger partial charge in [0.15, 0.2) is 0 Å². The first kappa shape index (κ1) is 13.6. The lowest BCUT2D eigenvalue weighted by molar-refractivity contribution is 0.509. The fraction of sp³-hybridized carbons (Fsp3) is 0.333. The highest BCUT2D eigenvalue weighted by molar-refractivity contribution is 14.1. The molecule has 0 atom stereocenters. The maximum absolute atomic E-state index is 6.16. The molecule has 6 heteroatoms. The first-order chi connectivity index (χ1) is 8.58. The van der Waals surface area contributed by atoms with Gasteiger partial charge in [0, 0.05) is 9.61 Å². The van der Waals surface area contributed by atoms with Gasteiger partial charge in [0.25, 0.3) is 0 Å². The van der Waals surface area contributed by atoms with E-state index in [-0.39, 0.29) is 0 Å². The third kappa shape index (κ3) is 3.14. The number of rotatable bonds is 4. The Morgan fingerprint density at radius 2 is 2.22 bits per heavy atom. The Labute approximate surface area is 125 Å². The van der Waals surface area contributed by atoms with Crippen molar-refractivity contribution in [1.29, 1.82) is 0 Å². The second-order valence-corrected chi connectivity index (χ2v) is 5.85. The largest absolute Gasteiger partial charge is 0.377 e. The Hall–Kier alpha value is -0.820. The van der Waals surface area contributed by atoms with Crippen LogP contribution < -0.4 is 5.32 Å². The molecule has 0 fully saturated rings. The predicted molar refractivity (Wildman–Crippen MR) is 81.9 cm³/mol. The quantitative estimate of drug-likeness (QED) is 0.827. The van der Waals surface area contributed by atoms with Crippen molar-refractivity contribution in [2.24, 2.45) is 0 Å². The molecule has 1 aromatic carbocycles. The molecule has 0 spiro atoms. The van der Waals surface area contributed by atoms with Gasteiger partial charge in [0.05, 0.1) is 17.3 Å². The van der Waals surface area contributed by atoms with Crippen LogP contribution in [0.1, 0.15) is 25.7 Å². The number of benzene rings is 1. The van der Waals surface area contributed by atoms with Crippen LogP contribution in [0.15, 0.2) is 24.5 Å². The summed E-state index contributed by atoms with van der Waals surface area (Å²) in [4.78, 5) is 4.24. The highest BCUT2D eigenvalue weighted by Gasteiger charge is 2.08. The van der Waals surface area contributed by atoms with Gasteiger partial charge in [-0.05, 0) is 54.6 Å². The topological polar surface area (TPSA) is 42.7 Å². The van der Waals surface area contributed by atoms with Gasteiger partial charge in [-0.3, -0.25) is 0 Å². The van der Waals surface area contributed by atoms with Crippen LogP contribution in [-0.4, -0.2) is 14.8 Å². The van der Waals surface area contributed by atoms with Crippen LogP contribution in [0.5, 0.6) is 0 Å². The minimum Gasteiger partial charge on any atom is -0.377 e. The minimum atomic E-state index is 0.302. The van der Waals surface area contributed by atoms with Gasteiger partial charge in [-0.25, -0.2) is 9.67 Å². The number of nitrogens with one attached hydrogen (secondary N) is 1. The molecule has 0 aliphatic carbocycles. The zero-order valence-corrected chi connectivity index (χ0v) is 13.1. The molecule has 0 saturated heterocycles. The molecular formula is C12H14ClIN4. The third-order valence-corrected chi connectivity index (χ3v) is 3.49. The van der Waals surface area contributed by atoms with E-state index in [1.807, 2.05) is 22.9 Å². The Morgan fingerprint density at radius 1 is 1.44 bits per heavy atom. The van der Waals surface area contributed by atoms with Gasteiger partial charge in [0.2, 0.25) is 0 Å². The van der Waals surface area contributed by atoms with Crippen molar-refractivity contribution in [3.8, 4) is 0 Å². The summed E-state index contributed by atoms with van der Waals surface area (Å²) in [7, 11) is 0. The van der Waals surface area contributed by atoms with Gasteiger partial charge < -0.3 is 5.32 Å². The molecule has 1 aromatic heterocycles. The molecule has 96 valence electrons. The van der Waals surface area contributed by atoms with Crippen LogP contribution in [0.25, 0.3) is 0 Å². The highest BCUT2D eigenvalue weighted by Crippen LogP contribution is 2.24. The fourth-order valence-electron chi connectivity index (χ4n) is 1.64. The lowest BCUT2D eigenvalue weighted by Gasteiger charge is -2.11. The summed E-state index contributed by atoms with van der Waals surface area (Å²) in [6.07, 6.45) is 1.58. The van der Waals surface area contributed by atoms with Gasteiger partial charge in [0.1, 0.15) is 12.2 Å². The van der Waals surface area contributed by atoms with Crippen molar-refractivity contribution < 1.29 is 0 Å². The van der Waals surface area contributed by atoms with Crippen molar-refractivity contribution in [2.75, 3.05) is 5.32 Å². The van der Waals surface area contributed by atoms with E-state index in [9.17, 15) is 0 Å². The molecule has 0 aliphatic rings. The summed E-state index contributed by atoms with van der Waals surface area (Å²) < 4.78 is 3.02. The first-order valence-corrected chi connectivity index (χ1v) is 7.11. The Kier molecular flexibility index (Phi) is 4.45. The second-order valence-electron chi connectivity index (χ2n) is 4.19. The van der Waals surface area contributed by atoms with Crippen LogP contribution in [-0.2, 0) is 6.54 Å². The molecule has 1 heterocycles. The molecule has 1 N–H and O–H groups in total. The van der Waals surface area contributed by atoms with E-state index >= 15 is 0 Å². The predicted octanol–water partition coefficient (Wildman–Crippen LogP) is 3.73. The molecule has 0 amide bonds. The summed E-state index contributed by atoms with van der Waals surface area (Å²) in [5, 5.41) is 8.20. The Morgan fingerprint density at radius 3 is 2.89 bits per heavy atom. The van der Waals surface area contributed by atoms with Crippen LogP contribution in [0.4, 0.5) is 5.69 Å². The molecule has 18 heavy (non-hydrogen) atoms. The van der Waals surface area contributed by atoms with E-state index in [1.165, 1.54) is 0 Å². The van der Waals surface area contributed by atoms with Gasteiger partial charge >= 0.3 is 0 Å².